The molecule has 8 heteroatoms. The Morgan fingerprint density at radius 2 is 1.71 bits per heavy atom. The highest BCUT2D eigenvalue weighted by Crippen LogP contribution is 2.36. The SMILES string of the molecule is Nc1cccc2c1CCCN2S(=O)(=O)c1ccc(C(F)(F)F)cc1. The van der Waals surface area contributed by atoms with E-state index in [0.717, 1.165) is 29.8 Å². The first-order valence-corrected chi connectivity index (χ1v) is 8.72. The number of fused-ring (bicyclic) bond motifs is 1. The zero-order valence-corrected chi connectivity index (χ0v) is 13.4. The minimum atomic E-state index is -4.51. The van der Waals surface area contributed by atoms with Gasteiger partial charge in [0.05, 0.1) is 16.1 Å². The van der Waals surface area contributed by atoms with Crippen molar-refractivity contribution in [3.05, 3.63) is 53.6 Å². The molecule has 0 saturated carbocycles. The minimum absolute atomic E-state index is 0.175. The van der Waals surface area contributed by atoms with E-state index in [1.807, 2.05) is 0 Å². The summed E-state index contributed by atoms with van der Waals surface area (Å²) in [6.07, 6.45) is -3.24. The lowest BCUT2D eigenvalue weighted by Crippen LogP contribution is -2.35. The Balaban J connectivity index is 2.02. The number of rotatable bonds is 2. The second-order valence-corrected chi connectivity index (χ2v) is 7.41. The molecule has 0 saturated heterocycles. The van der Waals surface area contributed by atoms with Gasteiger partial charge in [0, 0.05) is 12.2 Å². The summed E-state index contributed by atoms with van der Waals surface area (Å²) in [5.74, 6) is 0. The molecule has 2 aromatic rings. The highest BCUT2D eigenvalue weighted by Gasteiger charge is 2.33. The predicted octanol–water partition coefficient (Wildman–Crippen LogP) is 3.43. The smallest absolute Gasteiger partial charge is 0.398 e. The number of halogens is 3. The van der Waals surface area contributed by atoms with Crippen molar-refractivity contribution in [3.8, 4) is 0 Å². The first-order chi connectivity index (χ1) is 11.2. The van der Waals surface area contributed by atoms with Crippen molar-refractivity contribution in [3.63, 3.8) is 0 Å². The van der Waals surface area contributed by atoms with Crippen molar-refractivity contribution in [1.82, 2.24) is 0 Å². The van der Waals surface area contributed by atoms with Crippen molar-refractivity contribution in [2.45, 2.75) is 23.9 Å². The van der Waals surface area contributed by atoms with Gasteiger partial charge in [-0.05, 0) is 54.8 Å². The maximum Gasteiger partial charge on any atom is 0.416 e. The molecule has 0 atom stereocenters. The van der Waals surface area contributed by atoms with Crippen LogP contribution in [-0.2, 0) is 22.6 Å². The lowest BCUT2D eigenvalue weighted by Gasteiger charge is -2.31. The molecule has 1 aliphatic rings. The fraction of sp³-hybridized carbons (Fsp3) is 0.250. The van der Waals surface area contributed by atoms with E-state index in [1.165, 1.54) is 4.31 Å². The summed E-state index contributed by atoms with van der Waals surface area (Å²) in [4.78, 5) is -0.175. The molecule has 0 spiro atoms. The van der Waals surface area contributed by atoms with Crippen LogP contribution in [-0.4, -0.2) is 15.0 Å². The Morgan fingerprint density at radius 1 is 1.04 bits per heavy atom. The number of nitrogen functional groups attached to an aromatic ring is 1. The zero-order chi connectivity index (χ0) is 17.5. The molecule has 1 heterocycles. The van der Waals surface area contributed by atoms with E-state index in [2.05, 4.69) is 0 Å². The van der Waals surface area contributed by atoms with Crippen LogP contribution in [0.1, 0.15) is 17.5 Å². The Hall–Kier alpha value is -2.22. The molecule has 0 unspecified atom stereocenters. The zero-order valence-electron chi connectivity index (χ0n) is 12.5. The van der Waals surface area contributed by atoms with Crippen LogP contribution in [0.2, 0.25) is 0 Å². The van der Waals surface area contributed by atoms with Gasteiger partial charge < -0.3 is 5.73 Å². The molecule has 2 aromatic carbocycles. The Labute approximate surface area is 137 Å². The number of nitrogens with two attached hydrogens (primary N) is 1. The van der Waals surface area contributed by atoms with Crippen LogP contribution < -0.4 is 10.0 Å². The molecule has 24 heavy (non-hydrogen) atoms. The summed E-state index contributed by atoms with van der Waals surface area (Å²) in [5, 5.41) is 0. The van der Waals surface area contributed by atoms with Crippen molar-refractivity contribution in [2.24, 2.45) is 0 Å². The summed E-state index contributed by atoms with van der Waals surface area (Å²) in [7, 11) is -3.94. The van der Waals surface area contributed by atoms with Gasteiger partial charge in [0.25, 0.3) is 10.0 Å². The van der Waals surface area contributed by atoms with E-state index in [4.69, 9.17) is 5.73 Å². The molecular weight excluding hydrogens is 341 g/mol. The fourth-order valence-electron chi connectivity index (χ4n) is 2.81. The van der Waals surface area contributed by atoms with Crippen LogP contribution in [0.4, 0.5) is 24.5 Å². The van der Waals surface area contributed by atoms with Crippen molar-refractivity contribution >= 4 is 21.4 Å². The van der Waals surface area contributed by atoms with E-state index < -0.39 is 21.8 Å². The van der Waals surface area contributed by atoms with Gasteiger partial charge in [0.2, 0.25) is 0 Å². The number of sulfonamides is 1. The normalized spacial score (nSPS) is 15.2. The molecule has 0 radical (unpaired) electrons. The first kappa shape index (κ1) is 16.6. The van der Waals surface area contributed by atoms with Crippen LogP contribution >= 0.6 is 0 Å². The van der Waals surface area contributed by atoms with Gasteiger partial charge in [-0.2, -0.15) is 13.2 Å². The molecule has 0 amide bonds. The molecule has 128 valence electrons. The van der Waals surface area contributed by atoms with Crippen LogP contribution in [0.15, 0.2) is 47.4 Å². The predicted molar refractivity (Wildman–Crippen MR) is 85.2 cm³/mol. The Morgan fingerprint density at radius 3 is 2.33 bits per heavy atom. The second-order valence-electron chi connectivity index (χ2n) is 5.55. The van der Waals surface area contributed by atoms with E-state index in [0.29, 0.717) is 24.2 Å². The number of alkyl halides is 3. The maximum absolute atomic E-state index is 12.8. The number of benzene rings is 2. The lowest BCUT2D eigenvalue weighted by atomic mass is 10.0. The van der Waals surface area contributed by atoms with E-state index in [1.54, 1.807) is 18.2 Å². The van der Waals surface area contributed by atoms with Gasteiger partial charge in [-0.15, -0.1) is 0 Å². The number of nitrogens with zero attached hydrogens (tertiary/aromatic N) is 1. The molecule has 4 nitrogen and oxygen atoms in total. The number of hydrogen-bond donors (Lipinski definition) is 1. The summed E-state index contributed by atoms with van der Waals surface area (Å²) >= 11 is 0. The average molecular weight is 356 g/mol. The summed E-state index contributed by atoms with van der Waals surface area (Å²) in [5.41, 5.74) is 6.77. The molecule has 0 fully saturated rings. The number of anilines is 2. The van der Waals surface area contributed by atoms with Crippen LogP contribution in [0.5, 0.6) is 0 Å². The van der Waals surface area contributed by atoms with Gasteiger partial charge in [0.15, 0.2) is 0 Å². The maximum atomic E-state index is 12.8. The third kappa shape index (κ3) is 2.82. The minimum Gasteiger partial charge on any atom is -0.398 e. The van der Waals surface area contributed by atoms with Crippen LogP contribution in [0, 0.1) is 0 Å². The van der Waals surface area contributed by atoms with E-state index >= 15 is 0 Å². The highest BCUT2D eigenvalue weighted by atomic mass is 32.2. The number of hydrogen-bond acceptors (Lipinski definition) is 3. The van der Waals surface area contributed by atoms with Crippen LogP contribution in [0.25, 0.3) is 0 Å². The third-order valence-electron chi connectivity index (χ3n) is 4.01. The summed E-state index contributed by atoms with van der Waals surface area (Å²) in [6, 6.07) is 8.54. The van der Waals surface area contributed by atoms with Gasteiger partial charge in [0.1, 0.15) is 0 Å². The van der Waals surface area contributed by atoms with Crippen molar-refractivity contribution in [1.29, 1.82) is 0 Å². The Kier molecular flexibility index (Phi) is 3.95. The molecule has 0 aliphatic carbocycles. The molecule has 3 rings (SSSR count). The topological polar surface area (TPSA) is 63.4 Å². The summed E-state index contributed by atoms with van der Waals surface area (Å²) < 4.78 is 64.8. The molecular formula is C16H15F3N2O2S. The first-order valence-electron chi connectivity index (χ1n) is 7.28. The van der Waals surface area contributed by atoms with Crippen molar-refractivity contribution < 1.29 is 21.6 Å². The molecule has 0 bridgehead atoms. The molecule has 1 aliphatic heterocycles. The van der Waals surface area contributed by atoms with E-state index in [-0.39, 0.29) is 11.4 Å². The van der Waals surface area contributed by atoms with Crippen LogP contribution in [0.3, 0.4) is 0 Å². The molecule has 2 N–H and O–H groups in total. The highest BCUT2D eigenvalue weighted by molar-refractivity contribution is 7.92. The van der Waals surface area contributed by atoms with E-state index in [9.17, 15) is 21.6 Å². The molecule has 0 aromatic heterocycles. The summed E-state index contributed by atoms with van der Waals surface area (Å²) in [6.45, 7) is 0.264. The third-order valence-corrected chi connectivity index (χ3v) is 5.84. The second kappa shape index (κ2) is 5.70. The van der Waals surface area contributed by atoms with Gasteiger partial charge in [-0.25, -0.2) is 8.42 Å². The van der Waals surface area contributed by atoms with Crippen molar-refractivity contribution in [2.75, 3.05) is 16.6 Å². The van der Waals surface area contributed by atoms with Gasteiger partial charge in [-0.1, -0.05) is 6.07 Å². The quantitative estimate of drug-likeness (QED) is 0.839. The standard InChI is InChI=1S/C16H15F3N2O2S/c17-16(18,19)11-6-8-12(9-7-11)24(22,23)21-10-2-3-13-14(20)4-1-5-15(13)21/h1,4-9H,2-3,10,20H2. The monoisotopic (exact) mass is 356 g/mol. The average Bonchev–Trinajstić information content (AvgIpc) is 2.54. The van der Waals surface area contributed by atoms with Gasteiger partial charge in [-0.3, -0.25) is 4.31 Å². The largest absolute Gasteiger partial charge is 0.416 e. The Bertz CT molecular complexity index is 862. The lowest BCUT2D eigenvalue weighted by molar-refractivity contribution is -0.137. The fourth-order valence-corrected chi connectivity index (χ4v) is 4.34. The van der Waals surface area contributed by atoms with Gasteiger partial charge >= 0.3 is 6.18 Å².